The van der Waals surface area contributed by atoms with E-state index in [4.69, 9.17) is 0 Å². The van der Waals surface area contributed by atoms with E-state index in [9.17, 15) is 8.78 Å². The summed E-state index contributed by atoms with van der Waals surface area (Å²) in [7, 11) is 0. The smallest absolute Gasteiger partial charge is 0.260 e. The number of rotatable bonds is 2. The third-order valence-electron chi connectivity index (χ3n) is 3.71. The Hall–Kier alpha value is -0.180. The lowest BCUT2D eigenvalue weighted by Gasteiger charge is -2.35. The van der Waals surface area contributed by atoms with Gasteiger partial charge in [-0.25, -0.2) is 8.78 Å². The first-order valence-corrected chi connectivity index (χ1v) is 6.26. The Morgan fingerprint density at radius 3 is 2.47 bits per heavy atom. The van der Waals surface area contributed by atoms with Crippen LogP contribution in [0.5, 0.6) is 0 Å². The van der Waals surface area contributed by atoms with Crippen LogP contribution >= 0.6 is 0 Å². The average molecular weight is 217 g/mol. The number of nitrogens with zero attached hydrogens (tertiary/aromatic N) is 1. The molecular formula is C12H21F2N. The van der Waals surface area contributed by atoms with E-state index in [-0.39, 0.29) is 13.0 Å². The van der Waals surface area contributed by atoms with Gasteiger partial charge in [0.1, 0.15) is 0 Å². The summed E-state index contributed by atoms with van der Waals surface area (Å²) in [6.45, 7) is 1.80. The number of hydrogen-bond donors (Lipinski definition) is 0. The summed E-state index contributed by atoms with van der Waals surface area (Å²) >= 11 is 0. The van der Waals surface area contributed by atoms with E-state index in [1.165, 1.54) is 32.1 Å². The summed E-state index contributed by atoms with van der Waals surface area (Å²) in [5, 5.41) is 0. The molecule has 0 N–H and O–H groups in total. The predicted octanol–water partition coefficient (Wildman–Crippen LogP) is 3.30. The SMILES string of the molecule is FC1(F)CCCN(CC2CCCCC2)C1. The summed E-state index contributed by atoms with van der Waals surface area (Å²) in [6.07, 6.45) is 7.20. The van der Waals surface area contributed by atoms with Gasteiger partial charge in [0.2, 0.25) is 0 Å². The fourth-order valence-corrected chi connectivity index (χ4v) is 2.94. The highest BCUT2D eigenvalue weighted by Crippen LogP contribution is 2.29. The van der Waals surface area contributed by atoms with E-state index in [1.807, 2.05) is 4.90 Å². The largest absolute Gasteiger partial charge is 0.297 e. The molecule has 1 aliphatic carbocycles. The quantitative estimate of drug-likeness (QED) is 0.686. The lowest BCUT2D eigenvalue weighted by molar-refractivity contribution is -0.0678. The van der Waals surface area contributed by atoms with Gasteiger partial charge in [0.15, 0.2) is 0 Å². The third-order valence-corrected chi connectivity index (χ3v) is 3.71. The Labute approximate surface area is 90.8 Å². The minimum atomic E-state index is -2.42. The average Bonchev–Trinajstić information content (AvgIpc) is 2.17. The van der Waals surface area contributed by atoms with Gasteiger partial charge in [-0.15, -0.1) is 0 Å². The van der Waals surface area contributed by atoms with Crippen LogP contribution < -0.4 is 0 Å². The van der Waals surface area contributed by atoms with E-state index in [0.29, 0.717) is 12.3 Å². The van der Waals surface area contributed by atoms with Crippen LogP contribution in [0.1, 0.15) is 44.9 Å². The first kappa shape index (κ1) is 11.3. The second kappa shape index (κ2) is 4.77. The zero-order valence-corrected chi connectivity index (χ0v) is 9.35. The first-order chi connectivity index (χ1) is 7.16. The molecule has 0 amide bonds. The van der Waals surface area contributed by atoms with Crippen LogP contribution in [0.2, 0.25) is 0 Å². The lowest BCUT2D eigenvalue weighted by atomic mass is 9.88. The van der Waals surface area contributed by atoms with Gasteiger partial charge in [-0.1, -0.05) is 19.3 Å². The molecule has 15 heavy (non-hydrogen) atoms. The molecule has 0 aromatic heterocycles. The van der Waals surface area contributed by atoms with Crippen molar-refractivity contribution in [3.05, 3.63) is 0 Å². The molecule has 1 saturated heterocycles. The van der Waals surface area contributed by atoms with Crippen molar-refractivity contribution in [2.75, 3.05) is 19.6 Å². The van der Waals surface area contributed by atoms with Crippen molar-refractivity contribution in [3.8, 4) is 0 Å². The molecular weight excluding hydrogens is 196 g/mol. The molecule has 2 rings (SSSR count). The molecule has 0 radical (unpaired) electrons. The van der Waals surface area contributed by atoms with Crippen LogP contribution in [0.15, 0.2) is 0 Å². The molecule has 3 heteroatoms. The maximum absolute atomic E-state index is 13.2. The Morgan fingerprint density at radius 1 is 1.07 bits per heavy atom. The second-order valence-electron chi connectivity index (χ2n) is 5.20. The van der Waals surface area contributed by atoms with Crippen molar-refractivity contribution in [1.82, 2.24) is 4.90 Å². The Bertz CT molecular complexity index is 200. The summed E-state index contributed by atoms with van der Waals surface area (Å²) < 4.78 is 26.3. The summed E-state index contributed by atoms with van der Waals surface area (Å²) in [5.74, 6) is -1.74. The molecule has 0 aromatic carbocycles. The van der Waals surface area contributed by atoms with Gasteiger partial charge in [-0.05, 0) is 31.7 Å². The number of alkyl halides is 2. The van der Waals surface area contributed by atoms with E-state index >= 15 is 0 Å². The lowest BCUT2D eigenvalue weighted by Crippen LogP contribution is -2.44. The minimum absolute atomic E-state index is 0.00347. The maximum Gasteiger partial charge on any atom is 0.260 e. The van der Waals surface area contributed by atoms with Crippen molar-refractivity contribution in [2.45, 2.75) is 50.9 Å². The molecule has 1 heterocycles. The topological polar surface area (TPSA) is 3.24 Å². The highest BCUT2D eigenvalue weighted by molar-refractivity contribution is 4.80. The van der Waals surface area contributed by atoms with Crippen LogP contribution in [0.4, 0.5) is 8.78 Å². The van der Waals surface area contributed by atoms with Crippen molar-refractivity contribution >= 4 is 0 Å². The minimum Gasteiger partial charge on any atom is -0.297 e. The molecule has 0 spiro atoms. The van der Waals surface area contributed by atoms with E-state index in [2.05, 4.69) is 0 Å². The normalized spacial score (nSPS) is 29.2. The second-order valence-corrected chi connectivity index (χ2v) is 5.20. The molecule has 1 aliphatic heterocycles. The van der Waals surface area contributed by atoms with Gasteiger partial charge in [-0.3, -0.25) is 4.90 Å². The standard InChI is InChI=1S/C12H21F2N/c13-12(14)7-4-8-15(10-12)9-11-5-2-1-3-6-11/h11H,1-10H2. The van der Waals surface area contributed by atoms with Gasteiger partial charge < -0.3 is 0 Å². The van der Waals surface area contributed by atoms with Crippen molar-refractivity contribution < 1.29 is 8.78 Å². The molecule has 0 aromatic rings. The number of halogens is 2. The van der Waals surface area contributed by atoms with Crippen LogP contribution in [-0.4, -0.2) is 30.5 Å². The molecule has 88 valence electrons. The Balaban J connectivity index is 1.78. The van der Waals surface area contributed by atoms with Crippen molar-refractivity contribution in [3.63, 3.8) is 0 Å². The van der Waals surface area contributed by atoms with Gasteiger partial charge in [0, 0.05) is 13.0 Å². The molecule has 2 aliphatic rings. The van der Waals surface area contributed by atoms with Crippen LogP contribution in [0.3, 0.4) is 0 Å². The summed E-state index contributed by atoms with van der Waals surface area (Å²) in [6, 6.07) is 0. The number of hydrogen-bond acceptors (Lipinski definition) is 1. The molecule has 0 unspecified atom stereocenters. The maximum atomic E-state index is 13.2. The third kappa shape index (κ3) is 3.40. The van der Waals surface area contributed by atoms with Crippen LogP contribution in [0.25, 0.3) is 0 Å². The Morgan fingerprint density at radius 2 is 1.80 bits per heavy atom. The predicted molar refractivity (Wildman–Crippen MR) is 57.2 cm³/mol. The molecule has 1 saturated carbocycles. The van der Waals surface area contributed by atoms with Gasteiger partial charge >= 0.3 is 0 Å². The molecule has 0 atom stereocenters. The fraction of sp³-hybridized carbons (Fsp3) is 1.00. The molecule has 1 nitrogen and oxygen atoms in total. The first-order valence-electron chi connectivity index (χ1n) is 6.26. The fourth-order valence-electron chi connectivity index (χ4n) is 2.94. The van der Waals surface area contributed by atoms with Gasteiger partial charge in [0.05, 0.1) is 6.54 Å². The zero-order chi connectivity index (χ0) is 10.7. The zero-order valence-electron chi connectivity index (χ0n) is 9.35. The van der Waals surface area contributed by atoms with Crippen LogP contribution in [0, 0.1) is 5.92 Å². The highest BCUT2D eigenvalue weighted by atomic mass is 19.3. The van der Waals surface area contributed by atoms with E-state index in [0.717, 1.165) is 13.1 Å². The van der Waals surface area contributed by atoms with Crippen molar-refractivity contribution in [2.24, 2.45) is 5.92 Å². The monoisotopic (exact) mass is 217 g/mol. The number of likely N-dealkylation sites (tertiary alicyclic amines) is 1. The molecule has 2 fully saturated rings. The Kier molecular flexibility index (Phi) is 3.60. The van der Waals surface area contributed by atoms with E-state index in [1.54, 1.807) is 0 Å². The van der Waals surface area contributed by atoms with E-state index < -0.39 is 5.92 Å². The summed E-state index contributed by atoms with van der Waals surface area (Å²) in [4.78, 5) is 1.99. The van der Waals surface area contributed by atoms with Gasteiger partial charge in [0.25, 0.3) is 5.92 Å². The highest BCUT2D eigenvalue weighted by Gasteiger charge is 2.35. The number of piperidine rings is 1. The molecule has 0 bridgehead atoms. The summed E-state index contributed by atoms with van der Waals surface area (Å²) in [5.41, 5.74) is 0. The van der Waals surface area contributed by atoms with Crippen LogP contribution in [-0.2, 0) is 0 Å². The van der Waals surface area contributed by atoms with Gasteiger partial charge in [-0.2, -0.15) is 0 Å². The van der Waals surface area contributed by atoms with Crippen molar-refractivity contribution in [1.29, 1.82) is 0 Å².